The maximum atomic E-state index is 5.80. The highest BCUT2D eigenvalue weighted by atomic mass is 127. The van der Waals surface area contributed by atoms with Crippen molar-refractivity contribution in [1.29, 1.82) is 0 Å². The van der Waals surface area contributed by atoms with Gasteiger partial charge in [0.1, 0.15) is 0 Å². The Kier molecular flexibility index (Phi) is 6.79. The van der Waals surface area contributed by atoms with Gasteiger partial charge in [-0.15, -0.1) is 24.0 Å². The molecule has 1 aromatic heterocycles. The number of rotatable bonds is 4. The van der Waals surface area contributed by atoms with Crippen molar-refractivity contribution in [2.45, 2.75) is 31.9 Å². The molecule has 1 unspecified atom stereocenters. The highest BCUT2D eigenvalue weighted by Crippen LogP contribution is 2.23. The predicted molar refractivity (Wildman–Crippen MR) is 109 cm³/mol. The number of guanidine groups is 1. The van der Waals surface area contributed by atoms with Crippen molar-refractivity contribution in [3.05, 3.63) is 42.1 Å². The summed E-state index contributed by atoms with van der Waals surface area (Å²) >= 11 is 0. The zero-order valence-corrected chi connectivity index (χ0v) is 16.5. The largest absolute Gasteiger partial charge is 0.373 e. The van der Waals surface area contributed by atoms with Crippen LogP contribution in [0, 0.1) is 0 Å². The molecule has 1 aliphatic rings. The smallest absolute Gasteiger partial charge is 0.191 e. The van der Waals surface area contributed by atoms with Gasteiger partial charge in [0.05, 0.1) is 11.1 Å². The lowest BCUT2D eigenvalue weighted by atomic mass is 10.0. The molecule has 2 aromatic rings. The SMILES string of the molecule is CN=C(NCc1cccc2cccnc12)NCC1(C)CCCO1.I. The number of aromatic nitrogens is 1. The van der Waals surface area contributed by atoms with Crippen LogP contribution in [0.1, 0.15) is 25.3 Å². The fraction of sp³-hybridized carbons (Fsp3) is 0.444. The summed E-state index contributed by atoms with van der Waals surface area (Å²) in [5.74, 6) is 0.787. The first-order chi connectivity index (χ1) is 11.2. The minimum atomic E-state index is -0.0847. The Morgan fingerprint density at radius 2 is 2.12 bits per heavy atom. The molecule has 1 fully saturated rings. The average Bonchev–Trinajstić information content (AvgIpc) is 3.02. The number of para-hydroxylation sites is 1. The molecule has 1 saturated heterocycles. The number of hydrogen-bond donors (Lipinski definition) is 2. The molecule has 130 valence electrons. The maximum absolute atomic E-state index is 5.80. The number of nitrogens with zero attached hydrogens (tertiary/aromatic N) is 2. The third-order valence-electron chi connectivity index (χ3n) is 4.32. The Morgan fingerprint density at radius 3 is 2.88 bits per heavy atom. The first-order valence-electron chi connectivity index (χ1n) is 8.11. The maximum Gasteiger partial charge on any atom is 0.191 e. The quantitative estimate of drug-likeness (QED) is 0.436. The second-order valence-electron chi connectivity index (χ2n) is 6.17. The van der Waals surface area contributed by atoms with Crippen molar-refractivity contribution in [2.75, 3.05) is 20.2 Å². The van der Waals surface area contributed by atoms with E-state index in [1.807, 2.05) is 12.3 Å². The summed E-state index contributed by atoms with van der Waals surface area (Å²) in [6.45, 7) is 4.45. The van der Waals surface area contributed by atoms with Crippen molar-refractivity contribution >= 4 is 40.8 Å². The fourth-order valence-electron chi connectivity index (χ4n) is 2.96. The molecule has 0 radical (unpaired) electrons. The molecule has 24 heavy (non-hydrogen) atoms. The van der Waals surface area contributed by atoms with E-state index in [4.69, 9.17) is 4.74 Å². The molecule has 1 atom stereocenters. The van der Waals surface area contributed by atoms with Crippen LogP contribution in [0.15, 0.2) is 41.5 Å². The molecule has 0 spiro atoms. The van der Waals surface area contributed by atoms with Crippen LogP contribution in [-0.4, -0.2) is 36.7 Å². The average molecular weight is 440 g/mol. The summed E-state index contributed by atoms with van der Waals surface area (Å²) < 4.78 is 5.80. The Balaban J connectivity index is 0.00000208. The van der Waals surface area contributed by atoms with Crippen molar-refractivity contribution in [2.24, 2.45) is 4.99 Å². The van der Waals surface area contributed by atoms with Crippen LogP contribution in [0.25, 0.3) is 10.9 Å². The summed E-state index contributed by atoms with van der Waals surface area (Å²) in [4.78, 5) is 8.78. The van der Waals surface area contributed by atoms with Gasteiger partial charge in [0.2, 0.25) is 0 Å². The van der Waals surface area contributed by atoms with E-state index in [-0.39, 0.29) is 29.6 Å². The van der Waals surface area contributed by atoms with Crippen molar-refractivity contribution in [3.63, 3.8) is 0 Å². The Morgan fingerprint density at radius 1 is 1.29 bits per heavy atom. The van der Waals surface area contributed by atoms with Gasteiger partial charge in [-0.2, -0.15) is 0 Å². The predicted octanol–water partition coefficient (Wildman–Crippen LogP) is 3.09. The molecule has 6 heteroatoms. The number of hydrogen-bond acceptors (Lipinski definition) is 3. The summed E-state index contributed by atoms with van der Waals surface area (Å²) in [6, 6.07) is 10.3. The molecule has 3 rings (SSSR count). The first kappa shape index (κ1) is 18.9. The number of ether oxygens (including phenoxy) is 1. The van der Waals surface area contributed by atoms with Gasteiger partial charge in [0.15, 0.2) is 5.96 Å². The van der Waals surface area contributed by atoms with E-state index in [0.29, 0.717) is 6.54 Å². The summed E-state index contributed by atoms with van der Waals surface area (Å²) in [6.07, 6.45) is 4.05. The zero-order chi connectivity index (χ0) is 16.1. The van der Waals surface area contributed by atoms with Gasteiger partial charge in [-0.25, -0.2) is 0 Å². The highest BCUT2D eigenvalue weighted by molar-refractivity contribution is 14.0. The third-order valence-corrected chi connectivity index (χ3v) is 4.32. The molecule has 0 saturated carbocycles. The van der Waals surface area contributed by atoms with Crippen LogP contribution >= 0.6 is 24.0 Å². The van der Waals surface area contributed by atoms with Crippen LogP contribution in [0.2, 0.25) is 0 Å². The van der Waals surface area contributed by atoms with Crippen LogP contribution in [0.5, 0.6) is 0 Å². The topological polar surface area (TPSA) is 58.5 Å². The van der Waals surface area contributed by atoms with E-state index in [0.717, 1.165) is 48.4 Å². The lowest BCUT2D eigenvalue weighted by Crippen LogP contribution is -2.45. The molecule has 2 heterocycles. The van der Waals surface area contributed by atoms with E-state index < -0.39 is 0 Å². The van der Waals surface area contributed by atoms with Gasteiger partial charge in [-0.3, -0.25) is 9.98 Å². The van der Waals surface area contributed by atoms with E-state index >= 15 is 0 Å². The summed E-state index contributed by atoms with van der Waals surface area (Å²) in [5, 5.41) is 7.88. The van der Waals surface area contributed by atoms with Crippen LogP contribution in [0.4, 0.5) is 0 Å². The standard InChI is InChI=1S/C18H24N4O.HI/c1-18(9-5-11-23-18)13-22-17(19-2)21-12-15-7-3-6-14-8-4-10-20-16(14)15;/h3-4,6-8,10H,5,9,11-13H2,1-2H3,(H2,19,21,22);1H. The van der Waals surface area contributed by atoms with E-state index in [9.17, 15) is 0 Å². The van der Waals surface area contributed by atoms with E-state index in [1.54, 1.807) is 7.05 Å². The number of nitrogens with one attached hydrogen (secondary N) is 2. The third kappa shape index (κ3) is 4.57. The van der Waals surface area contributed by atoms with Gasteiger partial charge < -0.3 is 15.4 Å². The Hall–Kier alpha value is -1.41. The number of fused-ring (bicyclic) bond motifs is 1. The Bertz CT molecular complexity index is 693. The molecule has 5 nitrogen and oxygen atoms in total. The fourth-order valence-corrected chi connectivity index (χ4v) is 2.96. The molecule has 0 amide bonds. The normalized spacial score (nSPS) is 20.7. The number of halogens is 1. The second-order valence-corrected chi connectivity index (χ2v) is 6.17. The molecule has 2 N–H and O–H groups in total. The van der Waals surface area contributed by atoms with Crippen LogP contribution in [0.3, 0.4) is 0 Å². The van der Waals surface area contributed by atoms with Crippen molar-refractivity contribution < 1.29 is 4.74 Å². The lowest BCUT2D eigenvalue weighted by Gasteiger charge is -2.24. The molecule has 0 aliphatic carbocycles. The highest BCUT2D eigenvalue weighted by Gasteiger charge is 2.29. The Labute approximate surface area is 160 Å². The van der Waals surface area contributed by atoms with Crippen molar-refractivity contribution in [3.8, 4) is 0 Å². The minimum Gasteiger partial charge on any atom is -0.373 e. The monoisotopic (exact) mass is 440 g/mol. The molecular weight excluding hydrogens is 415 g/mol. The first-order valence-corrected chi connectivity index (χ1v) is 8.11. The van der Waals surface area contributed by atoms with E-state index in [2.05, 4.69) is 51.8 Å². The van der Waals surface area contributed by atoms with Gasteiger partial charge in [0, 0.05) is 38.3 Å². The lowest BCUT2D eigenvalue weighted by molar-refractivity contribution is 0.0243. The summed E-state index contributed by atoms with van der Waals surface area (Å²) in [7, 11) is 1.79. The molecule has 1 aliphatic heterocycles. The molecular formula is C18H25IN4O. The molecule has 1 aromatic carbocycles. The van der Waals surface area contributed by atoms with Gasteiger partial charge in [0.25, 0.3) is 0 Å². The minimum absolute atomic E-state index is 0. The number of pyridine rings is 1. The van der Waals surface area contributed by atoms with Crippen molar-refractivity contribution in [1.82, 2.24) is 15.6 Å². The number of aliphatic imine (C=N–C) groups is 1. The van der Waals surface area contributed by atoms with Crippen LogP contribution in [-0.2, 0) is 11.3 Å². The van der Waals surface area contributed by atoms with Gasteiger partial charge in [-0.05, 0) is 31.4 Å². The van der Waals surface area contributed by atoms with Gasteiger partial charge >= 0.3 is 0 Å². The zero-order valence-electron chi connectivity index (χ0n) is 14.2. The number of benzene rings is 1. The van der Waals surface area contributed by atoms with Gasteiger partial charge in [-0.1, -0.05) is 24.3 Å². The van der Waals surface area contributed by atoms with Crippen LogP contribution < -0.4 is 10.6 Å². The van der Waals surface area contributed by atoms with E-state index in [1.165, 1.54) is 0 Å². The molecule has 0 bridgehead atoms. The second kappa shape index (κ2) is 8.62. The summed E-state index contributed by atoms with van der Waals surface area (Å²) in [5.41, 5.74) is 2.11.